The molecule has 1 aromatic carbocycles. The van der Waals surface area contributed by atoms with E-state index in [9.17, 15) is 24.0 Å². The van der Waals surface area contributed by atoms with Gasteiger partial charge in [0.25, 0.3) is 11.8 Å². The summed E-state index contributed by atoms with van der Waals surface area (Å²) in [5.41, 5.74) is 0.459. The van der Waals surface area contributed by atoms with Crippen LogP contribution < -0.4 is 10.6 Å². The van der Waals surface area contributed by atoms with Crippen LogP contribution in [0, 0.1) is 0 Å². The topological polar surface area (TPSA) is 131 Å². The predicted octanol–water partition coefficient (Wildman–Crippen LogP) is 4.76. The fourth-order valence-corrected chi connectivity index (χ4v) is 5.16. The third kappa shape index (κ3) is 10.0. The monoisotopic (exact) mass is 571 g/mol. The molecular formula is C31H45N3O7. The maximum Gasteiger partial charge on any atom is 0.264 e. The van der Waals surface area contributed by atoms with Crippen molar-refractivity contribution < 1.29 is 33.4 Å². The SMILES string of the molecule is CCCCCCCCCCOCCOCCCCCC(=O)Nc1cccc2c1C(=O)N(C1CCC(=O)NC1=O)C2=O. The third-order valence-electron chi connectivity index (χ3n) is 7.45. The first-order chi connectivity index (χ1) is 19.9. The summed E-state index contributed by atoms with van der Waals surface area (Å²) in [5.74, 6) is -2.60. The molecule has 5 amide bonds. The summed E-state index contributed by atoms with van der Waals surface area (Å²) in [6.45, 7) is 4.80. The third-order valence-corrected chi connectivity index (χ3v) is 7.45. The van der Waals surface area contributed by atoms with Gasteiger partial charge in [-0.05, 0) is 37.8 Å². The molecule has 3 rings (SSSR count). The van der Waals surface area contributed by atoms with Gasteiger partial charge in [-0.2, -0.15) is 0 Å². The average Bonchev–Trinajstić information content (AvgIpc) is 3.20. The zero-order chi connectivity index (χ0) is 29.5. The summed E-state index contributed by atoms with van der Waals surface area (Å²) >= 11 is 0. The van der Waals surface area contributed by atoms with Gasteiger partial charge in [0.1, 0.15) is 6.04 Å². The van der Waals surface area contributed by atoms with Crippen molar-refractivity contribution in [1.29, 1.82) is 0 Å². The number of nitrogens with zero attached hydrogens (tertiary/aromatic N) is 1. The molecule has 0 bridgehead atoms. The maximum absolute atomic E-state index is 13.1. The molecule has 1 unspecified atom stereocenters. The number of imide groups is 2. The molecule has 0 spiro atoms. The molecule has 1 fully saturated rings. The lowest BCUT2D eigenvalue weighted by molar-refractivity contribution is -0.136. The molecule has 2 aliphatic rings. The number of carbonyl (C=O) groups excluding carboxylic acids is 5. The van der Waals surface area contributed by atoms with Gasteiger partial charge in [-0.25, -0.2) is 0 Å². The Balaban J connectivity index is 1.26. The second-order valence-electron chi connectivity index (χ2n) is 10.7. The highest BCUT2D eigenvalue weighted by molar-refractivity contribution is 6.26. The van der Waals surface area contributed by atoms with Crippen LogP contribution in [0.1, 0.15) is 118 Å². The quantitative estimate of drug-likeness (QED) is 0.170. The van der Waals surface area contributed by atoms with E-state index in [0.29, 0.717) is 26.2 Å². The van der Waals surface area contributed by atoms with Gasteiger partial charge in [-0.3, -0.25) is 34.2 Å². The van der Waals surface area contributed by atoms with E-state index in [1.165, 1.54) is 51.0 Å². The number of rotatable bonds is 20. The molecule has 0 saturated carbocycles. The van der Waals surface area contributed by atoms with Crippen molar-refractivity contribution in [2.45, 2.75) is 103 Å². The zero-order valence-electron chi connectivity index (χ0n) is 24.3. The Hall–Kier alpha value is -3.11. The molecule has 10 nitrogen and oxygen atoms in total. The van der Waals surface area contributed by atoms with Gasteiger partial charge in [0, 0.05) is 26.1 Å². The Morgan fingerprint density at radius 3 is 2.15 bits per heavy atom. The van der Waals surface area contributed by atoms with E-state index in [1.807, 2.05) is 0 Å². The van der Waals surface area contributed by atoms with Crippen LogP contribution in [-0.4, -0.2) is 66.9 Å². The molecule has 0 aromatic heterocycles. The minimum atomic E-state index is -1.05. The Labute approximate surface area is 242 Å². The van der Waals surface area contributed by atoms with E-state index >= 15 is 0 Å². The molecule has 2 aliphatic heterocycles. The number of hydrogen-bond acceptors (Lipinski definition) is 7. The highest BCUT2D eigenvalue weighted by Gasteiger charge is 2.45. The minimum absolute atomic E-state index is 0.0472. The standard InChI is InChI=1S/C31H45N3O7/c1-2-3-4-5-6-7-8-11-19-40-21-22-41-20-12-9-10-16-26(35)32-24-15-13-14-23-28(24)31(39)34(30(23)38)25-17-18-27(36)33-29(25)37/h13-15,25H,2-12,16-22H2,1H3,(H,32,35)(H,33,36,37). The lowest BCUT2D eigenvalue weighted by Gasteiger charge is -2.27. The second kappa shape index (κ2) is 17.6. The number of ether oxygens (including phenoxy) is 2. The molecule has 41 heavy (non-hydrogen) atoms. The van der Waals surface area contributed by atoms with E-state index in [2.05, 4.69) is 17.6 Å². The molecule has 1 atom stereocenters. The molecule has 2 N–H and O–H groups in total. The fourth-order valence-electron chi connectivity index (χ4n) is 5.16. The lowest BCUT2D eigenvalue weighted by Crippen LogP contribution is -2.54. The fraction of sp³-hybridized carbons (Fsp3) is 0.645. The predicted molar refractivity (Wildman–Crippen MR) is 154 cm³/mol. The number of amides is 5. The Kier molecular flexibility index (Phi) is 13.9. The number of carbonyl (C=O) groups is 5. The van der Waals surface area contributed by atoms with Crippen LogP contribution in [0.5, 0.6) is 0 Å². The summed E-state index contributed by atoms with van der Waals surface area (Å²) in [5, 5.41) is 4.93. The molecule has 0 radical (unpaired) electrons. The van der Waals surface area contributed by atoms with Crippen LogP contribution in [0.3, 0.4) is 0 Å². The molecule has 1 saturated heterocycles. The van der Waals surface area contributed by atoms with Crippen molar-refractivity contribution >= 4 is 35.2 Å². The van der Waals surface area contributed by atoms with Crippen LogP contribution in [-0.2, 0) is 23.9 Å². The van der Waals surface area contributed by atoms with E-state index in [1.54, 1.807) is 12.1 Å². The highest BCUT2D eigenvalue weighted by atomic mass is 16.5. The van der Waals surface area contributed by atoms with Gasteiger partial charge < -0.3 is 14.8 Å². The van der Waals surface area contributed by atoms with Gasteiger partial charge in [-0.15, -0.1) is 0 Å². The van der Waals surface area contributed by atoms with Crippen molar-refractivity contribution in [3.63, 3.8) is 0 Å². The molecule has 2 heterocycles. The largest absolute Gasteiger partial charge is 0.379 e. The number of anilines is 1. The summed E-state index contributed by atoms with van der Waals surface area (Å²) in [6.07, 6.45) is 13.0. The summed E-state index contributed by atoms with van der Waals surface area (Å²) in [4.78, 5) is 63.2. The van der Waals surface area contributed by atoms with Gasteiger partial charge in [-0.1, -0.05) is 64.4 Å². The number of unbranched alkanes of at least 4 members (excludes halogenated alkanes) is 9. The van der Waals surface area contributed by atoms with E-state index in [0.717, 1.165) is 30.8 Å². The molecule has 226 valence electrons. The normalized spacial score (nSPS) is 16.7. The second-order valence-corrected chi connectivity index (χ2v) is 10.7. The highest BCUT2D eigenvalue weighted by Crippen LogP contribution is 2.32. The van der Waals surface area contributed by atoms with Crippen LogP contribution in [0.15, 0.2) is 18.2 Å². The average molecular weight is 572 g/mol. The Bertz CT molecular complexity index is 1060. The van der Waals surface area contributed by atoms with Crippen molar-refractivity contribution in [2.75, 3.05) is 31.7 Å². The van der Waals surface area contributed by atoms with Crippen molar-refractivity contribution in [3.8, 4) is 0 Å². The van der Waals surface area contributed by atoms with Crippen molar-refractivity contribution in [3.05, 3.63) is 29.3 Å². The summed E-state index contributed by atoms with van der Waals surface area (Å²) in [7, 11) is 0. The van der Waals surface area contributed by atoms with Crippen molar-refractivity contribution in [1.82, 2.24) is 10.2 Å². The van der Waals surface area contributed by atoms with Crippen LogP contribution in [0.4, 0.5) is 5.69 Å². The van der Waals surface area contributed by atoms with E-state index in [4.69, 9.17) is 9.47 Å². The van der Waals surface area contributed by atoms with Gasteiger partial charge in [0.2, 0.25) is 17.7 Å². The molecule has 0 aliphatic carbocycles. The first kappa shape index (κ1) is 32.4. The minimum Gasteiger partial charge on any atom is -0.379 e. The molecule has 10 heteroatoms. The zero-order valence-corrected chi connectivity index (χ0v) is 24.3. The van der Waals surface area contributed by atoms with Crippen molar-refractivity contribution in [2.24, 2.45) is 0 Å². The molecular weight excluding hydrogens is 526 g/mol. The maximum atomic E-state index is 13.1. The number of fused-ring (bicyclic) bond motifs is 1. The number of piperidine rings is 1. The lowest BCUT2D eigenvalue weighted by atomic mass is 10.0. The van der Waals surface area contributed by atoms with E-state index in [-0.39, 0.29) is 42.0 Å². The van der Waals surface area contributed by atoms with E-state index < -0.39 is 29.7 Å². The smallest absolute Gasteiger partial charge is 0.264 e. The van der Waals surface area contributed by atoms with Crippen LogP contribution in [0.25, 0.3) is 0 Å². The van der Waals surface area contributed by atoms with Gasteiger partial charge >= 0.3 is 0 Å². The summed E-state index contributed by atoms with van der Waals surface area (Å²) < 4.78 is 11.2. The number of benzene rings is 1. The number of hydrogen-bond donors (Lipinski definition) is 2. The van der Waals surface area contributed by atoms with Crippen LogP contribution >= 0.6 is 0 Å². The number of nitrogens with one attached hydrogen (secondary N) is 2. The summed E-state index contributed by atoms with van der Waals surface area (Å²) in [6, 6.07) is 3.61. The van der Waals surface area contributed by atoms with Crippen LogP contribution in [0.2, 0.25) is 0 Å². The van der Waals surface area contributed by atoms with Gasteiger partial charge in [0.05, 0.1) is 30.0 Å². The first-order valence-electron chi connectivity index (χ1n) is 15.2. The molecule has 1 aromatic rings. The van der Waals surface area contributed by atoms with Gasteiger partial charge in [0.15, 0.2) is 0 Å². The Morgan fingerprint density at radius 1 is 0.854 bits per heavy atom. The Morgan fingerprint density at radius 2 is 1.49 bits per heavy atom. The first-order valence-corrected chi connectivity index (χ1v) is 15.2.